The van der Waals surface area contributed by atoms with E-state index in [9.17, 15) is 13.2 Å². The summed E-state index contributed by atoms with van der Waals surface area (Å²) in [6.07, 6.45) is 0. The summed E-state index contributed by atoms with van der Waals surface area (Å²) < 4.78 is 32.9. The normalized spacial score (nSPS) is 15.7. The third kappa shape index (κ3) is 4.67. The van der Waals surface area contributed by atoms with E-state index >= 15 is 0 Å². The maximum absolute atomic E-state index is 12.6. The number of nitrogens with one attached hydrogen (secondary N) is 1. The van der Waals surface area contributed by atoms with Gasteiger partial charge in [-0.1, -0.05) is 18.2 Å². The first kappa shape index (κ1) is 19.6. The zero-order valence-electron chi connectivity index (χ0n) is 16.0. The van der Waals surface area contributed by atoms with Gasteiger partial charge in [0.15, 0.2) is 0 Å². The lowest BCUT2D eigenvalue weighted by atomic mass is 10.2. The summed E-state index contributed by atoms with van der Waals surface area (Å²) in [5.41, 5.74) is 1.13. The highest BCUT2D eigenvalue weighted by molar-refractivity contribution is 7.89. The van der Waals surface area contributed by atoms with Crippen molar-refractivity contribution < 1.29 is 12.8 Å². The fraction of sp³-hybridized carbons (Fsp3) is 0.286. The number of anilines is 1. The van der Waals surface area contributed by atoms with Gasteiger partial charge in [0.2, 0.25) is 10.0 Å². The molecule has 1 saturated heterocycles. The van der Waals surface area contributed by atoms with Crippen molar-refractivity contribution in [2.45, 2.75) is 4.90 Å². The highest BCUT2D eigenvalue weighted by Gasteiger charge is 2.19. The van der Waals surface area contributed by atoms with Crippen molar-refractivity contribution in [3.8, 4) is 0 Å². The zero-order chi connectivity index (χ0) is 20.3. The quantitative estimate of drug-likeness (QED) is 0.622. The maximum atomic E-state index is 12.6. The molecule has 0 amide bonds. The van der Waals surface area contributed by atoms with Crippen LogP contribution in [0.5, 0.6) is 0 Å². The second-order valence-electron chi connectivity index (χ2n) is 7.02. The number of nitrogens with zero attached hydrogens (tertiary/aromatic N) is 2. The lowest BCUT2D eigenvalue weighted by Gasteiger charge is -2.36. The molecule has 1 aliphatic heterocycles. The Morgan fingerprint density at radius 3 is 2.45 bits per heavy atom. The van der Waals surface area contributed by atoms with Crippen molar-refractivity contribution in [1.29, 1.82) is 0 Å². The Labute approximate surface area is 169 Å². The number of benzene rings is 2. The van der Waals surface area contributed by atoms with Crippen LogP contribution in [0.1, 0.15) is 0 Å². The second kappa shape index (κ2) is 8.36. The van der Waals surface area contributed by atoms with E-state index in [1.807, 2.05) is 18.2 Å². The van der Waals surface area contributed by atoms with Crippen LogP contribution < -0.4 is 15.2 Å². The topological polar surface area (TPSA) is 82.9 Å². The van der Waals surface area contributed by atoms with E-state index in [1.165, 1.54) is 30.0 Å². The molecule has 2 aromatic carbocycles. The van der Waals surface area contributed by atoms with Crippen LogP contribution in [-0.2, 0) is 10.0 Å². The summed E-state index contributed by atoms with van der Waals surface area (Å²) in [6.45, 7) is 4.64. The van der Waals surface area contributed by atoms with Crippen LogP contribution in [0, 0.1) is 0 Å². The Morgan fingerprint density at radius 2 is 1.69 bits per heavy atom. The van der Waals surface area contributed by atoms with Gasteiger partial charge in [-0.25, -0.2) is 17.9 Å². The molecule has 2 heterocycles. The summed E-state index contributed by atoms with van der Waals surface area (Å²) in [7, 11) is -3.62. The molecule has 7 nitrogen and oxygen atoms in total. The van der Waals surface area contributed by atoms with E-state index in [-0.39, 0.29) is 4.90 Å². The van der Waals surface area contributed by atoms with Gasteiger partial charge in [-0.3, -0.25) is 4.90 Å². The minimum atomic E-state index is -3.62. The Hall–Kier alpha value is -2.68. The van der Waals surface area contributed by atoms with Crippen LogP contribution in [0.3, 0.4) is 0 Å². The minimum Gasteiger partial charge on any atom is -0.423 e. The fourth-order valence-corrected chi connectivity index (χ4v) is 4.56. The Bertz CT molecular complexity index is 1140. The molecule has 1 aliphatic rings. The van der Waals surface area contributed by atoms with E-state index in [4.69, 9.17) is 4.42 Å². The first-order chi connectivity index (χ1) is 14.0. The highest BCUT2D eigenvalue weighted by atomic mass is 32.2. The Morgan fingerprint density at radius 1 is 0.931 bits per heavy atom. The van der Waals surface area contributed by atoms with E-state index in [0.717, 1.165) is 26.2 Å². The van der Waals surface area contributed by atoms with Gasteiger partial charge in [-0.05, 0) is 36.4 Å². The van der Waals surface area contributed by atoms with Gasteiger partial charge in [0.1, 0.15) is 5.58 Å². The van der Waals surface area contributed by atoms with Crippen LogP contribution >= 0.6 is 0 Å². The van der Waals surface area contributed by atoms with E-state index < -0.39 is 15.6 Å². The van der Waals surface area contributed by atoms with Gasteiger partial charge in [-0.2, -0.15) is 0 Å². The van der Waals surface area contributed by atoms with E-state index in [1.54, 1.807) is 6.07 Å². The van der Waals surface area contributed by atoms with Crippen LogP contribution in [0.4, 0.5) is 5.69 Å². The minimum absolute atomic E-state index is 0.160. The second-order valence-corrected chi connectivity index (χ2v) is 8.78. The summed E-state index contributed by atoms with van der Waals surface area (Å²) >= 11 is 0. The van der Waals surface area contributed by atoms with Gasteiger partial charge in [0.25, 0.3) is 0 Å². The predicted octanol–water partition coefficient (Wildman–Crippen LogP) is 1.89. The Kier molecular flexibility index (Phi) is 5.66. The molecule has 1 fully saturated rings. The molecule has 3 aromatic rings. The molecule has 8 heteroatoms. The van der Waals surface area contributed by atoms with Crippen molar-refractivity contribution in [2.75, 3.05) is 44.2 Å². The molecule has 0 aliphatic carbocycles. The Balaban J connectivity index is 1.31. The van der Waals surface area contributed by atoms with Crippen LogP contribution in [-0.4, -0.2) is 52.6 Å². The number of para-hydroxylation sites is 1. The number of piperazine rings is 1. The number of sulfonamides is 1. The lowest BCUT2D eigenvalue weighted by Crippen LogP contribution is -2.48. The summed E-state index contributed by atoms with van der Waals surface area (Å²) in [5.74, 6) is 0. The molecule has 1 aromatic heterocycles. The number of hydrogen-bond acceptors (Lipinski definition) is 6. The van der Waals surface area contributed by atoms with Crippen molar-refractivity contribution in [1.82, 2.24) is 9.62 Å². The average molecular weight is 413 g/mol. The monoisotopic (exact) mass is 413 g/mol. The third-order valence-electron chi connectivity index (χ3n) is 5.11. The van der Waals surface area contributed by atoms with Crippen molar-refractivity contribution in [3.63, 3.8) is 0 Å². The molecule has 0 bridgehead atoms. The lowest BCUT2D eigenvalue weighted by molar-refractivity contribution is 0.262. The summed E-state index contributed by atoms with van der Waals surface area (Å²) in [5, 5.41) is 0.574. The average Bonchev–Trinajstić information content (AvgIpc) is 2.74. The first-order valence-corrected chi connectivity index (χ1v) is 11.1. The molecule has 0 unspecified atom stereocenters. The highest BCUT2D eigenvalue weighted by Crippen LogP contribution is 2.18. The molecule has 0 spiro atoms. The fourth-order valence-electron chi connectivity index (χ4n) is 3.51. The zero-order valence-corrected chi connectivity index (χ0v) is 16.8. The van der Waals surface area contributed by atoms with Gasteiger partial charge in [0, 0.05) is 56.4 Å². The summed E-state index contributed by atoms with van der Waals surface area (Å²) in [6, 6.07) is 17.6. The molecular formula is C21H23N3O4S. The van der Waals surface area contributed by atoms with Crippen molar-refractivity contribution in [2.24, 2.45) is 0 Å². The molecule has 1 N–H and O–H groups in total. The van der Waals surface area contributed by atoms with Crippen LogP contribution in [0.2, 0.25) is 0 Å². The molecule has 29 heavy (non-hydrogen) atoms. The standard InChI is InChI=1S/C21H23N3O4S/c25-21-9-6-17-16-19(7-8-20(17)28-21)29(26,27)22-10-11-23-12-14-24(15-13-23)18-4-2-1-3-5-18/h1-9,16,22H,10-15H2. The third-order valence-corrected chi connectivity index (χ3v) is 6.57. The molecule has 0 atom stereocenters. The number of fused-ring (bicyclic) bond motifs is 1. The number of rotatable bonds is 6. The molecular weight excluding hydrogens is 390 g/mol. The van der Waals surface area contributed by atoms with Crippen molar-refractivity contribution in [3.05, 3.63) is 71.1 Å². The van der Waals surface area contributed by atoms with Gasteiger partial charge in [0.05, 0.1) is 4.90 Å². The van der Waals surface area contributed by atoms with Crippen molar-refractivity contribution >= 4 is 26.7 Å². The molecule has 0 radical (unpaired) electrons. The molecule has 0 saturated carbocycles. The van der Waals surface area contributed by atoms with Gasteiger partial charge >= 0.3 is 5.63 Å². The predicted molar refractivity (Wildman–Crippen MR) is 113 cm³/mol. The van der Waals surface area contributed by atoms with E-state index in [2.05, 4.69) is 26.7 Å². The molecule has 152 valence electrons. The largest absolute Gasteiger partial charge is 0.423 e. The van der Waals surface area contributed by atoms with Gasteiger partial charge in [-0.15, -0.1) is 0 Å². The van der Waals surface area contributed by atoms with Gasteiger partial charge < -0.3 is 9.32 Å². The smallest absolute Gasteiger partial charge is 0.336 e. The number of hydrogen-bond donors (Lipinski definition) is 1. The molecule has 4 rings (SSSR count). The van der Waals surface area contributed by atoms with Crippen LogP contribution in [0.25, 0.3) is 11.0 Å². The maximum Gasteiger partial charge on any atom is 0.336 e. The van der Waals surface area contributed by atoms with Crippen LogP contribution in [0.15, 0.2) is 74.8 Å². The summed E-state index contributed by atoms with van der Waals surface area (Å²) in [4.78, 5) is 16.0. The SMILES string of the molecule is O=c1ccc2cc(S(=O)(=O)NCCN3CCN(c4ccccc4)CC3)ccc2o1. The van der Waals surface area contributed by atoms with E-state index in [0.29, 0.717) is 24.1 Å². The first-order valence-electron chi connectivity index (χ1n) is 9.57.